The molecule has 1 fully saturated rings. The van der Waals surface area contributed by atoms with Gasteiger partial charge in [0.2, 0.25) is 17.7 Å². The minimum atomic E-state index is -0.297. The third-order valence-corrected chi connectivity index (χ3v) is 9.55. The molecule has 4 heterocycles. The highest BCUT2D eigenvalue weighted by Gasteiger charge is 2.40. The predicted octanol–water partition coefficient (Wildman–Crippen LogP) is 4.71. The van der Waals surface area contributed by atoms with Crippen molar-refractivity contribution in [1.82, 2.24) is 19.6 Å². The van der Waals surface area contributed by atoms with Crippen LogP contribution in [0.4, 0.5) is 5.82 Å². The van der Waals surface area contributed by atoms with Gasteiger partial charge in [-0.1, -0.05) is 38.5 Å². The molecule has 1 atom stereocenters. The smallest absolute Gasteiger partial charge is 0.242 e. The standard InChI is InChI=1S/C30H37N5O3S2/c1-19-7-8-23(20(2)15-19)35-29-26(28(31-35)30(4,5)6)27(22-9-14-39-17-22)40-18-25(38)34(29)16-24(37)33-12-10-32(11-13-33)21(3)36/h7-9,14-15,17,27H,10-13,16,18H2,1-6H3. The van der Waals surface area contributed by atoms with Crippen LogP contribution in [0, 0.1) is 13.8 Å². The minimum Gasteiger partial charge on any atom is -0.339 e. The number of hydrogen-bond acceptors (Lipinski definition) is 6. The van der Waals surface area contributed by atoms with E-state index in [-0.39, 0.29) is 40.7 Å². The Morgan fingerprint density at radius 2 is 1.75 bits per heavy atom. The minimum absolute atomic E-state index is 0.0167. The SMILES string of the molecule is CC(=O)N1CCN(C(=O)CN2C(=O)CSC(c3ccsc3)c3c(C(C)(C)C)nn(-c4ccc(C)cc4C)c32)CC1. The topological polar surface area (TPSA) is 78.8 Å². The highest BCUT2D eigenvalue weighted by molar-refractivity contribution is 8.00. The van der Waals surface area contributed by atoms with Crippen LogP contribution < -0.4 is 4.90 Å². The Morgan fingerprint density at radius 1 is 1.05 bits per heavy atom. The van der Waals surface area contributed by atoms with E-state index in [0.29, 0.717) is 32.0 Å². The molecule has 2 aliphatic heterocycles. The average Bonchev–Trinajstić information content (AvgIpc) is 3.54. The molecular formula is C30H37N5O3S2. The van der Waals surface area contributed by atoms with Crippen molar-refractivity contribution < 1.29 is 14.4 Å². The molecule has 0 spiro atoms. The van der Waals surface area contributed by atoms with Gasteiger partial charge in [0.05, 0.1) is 22.4 Å². The fraction of sp³-hybridized carbons (Fsp3) is 0.467. The molecule has 0 N–H and O–H groups in total. The Bertz CT molecular complexity index is 1430. The summed E-state index contributed by atoms with van der Waals surface area (Å²) in [6.45, 7) is 14.0. The van der Waals surface area contributed by atoms with Gasteiger partial charge < -0.3 is 9.80 Å². The molecule has 1 aromatic carbocycles. The maximum absolute atomic E-state index is 13.9. The van der Waals surface area contributed by atoms with Crippen molar-refractivity contribution in [3.8, 4) is 5.69 Å². The zero-order valence-corrected chi connectivity index (χ0v) is 25.7. The Labute approximate surface area is 244 Å². The Kier molecular flexibility index (Phi) is 7.85. The summed E-state index contributed by atoms with van der Waals surface area (Å²) < 4.78 is 1.90. The van der Waals surface area contributed by atoms with Crippen LogP contribution in [0.3, 0.4) is 0 Å². The number of piperazine rings is 1. The third-order valence-electron chi connectivity index (χ3n) is 7.60. The van der Waals surface area contributed by atoms with E-state index in [9.17, 15) is 14.4 Å². The van der Waals surface area contributed by atoms with Gasteiger partial charge in [0.1, 0.15) is 12.4 Å². The van der Waals surface area contributed by atoms with Crippen molar-refractivity contribution in [3.05, 3.63) is 63.0 Å². The van der Waals surface area contributed by atoms with E-state index in [1.165, 1.54) is 0 Å². The summed E-state index contributed by atoms with van der Waals surface area (Å²) in [6, 6.07) is 8.34. The van der Waals surface area contributed by atoms with Crippen LogP contribution in [0.15, 0.2) is 35.0 Å². The van der Waals surface area contributed by atoms with Gasteiger partial charge >= 0.3 is 0 Å². The monoisotopic (exact) mass is 579 g/mol. The summed E-state index contributed by atoms with van der Waals surface area (Å²) in [4.78, 5) is 44.5. The maximum Gasteiger partial charge on any atom is 0.242 e. The summed E-state index contributed by atoms with van der Waals surface area (Å²) in [5, 5.41) is 9.32. The predicted molar refractivity (Wildman–Crippen MR) is 162 cm³/mol. The van der Waals surface area contributed by atoms with Crippen molar-refractivity contribution >= 4 is 46.6 Å². The second kappa shape index (κ2) is 11.0. The number of amides is 3. The molecule has 0 aliphatic carbocycles. The maximum atomic E-state index is 13.9. The Morgan fingerprint density at radius 3 is 2.35 bits per heavy atom. The van der Waals surface area contributed by atoms with Crippen LogP contribution in [0.1, 0.15) is 60.9 Å². The first kappa shape index (κ1) is 28.4. The third kappa shape index (κ3) is 5.43. The lowest BCUT2D eigenvalue weighted by atomic mass is 9.87. The van der Waals surface area contributed by atoms with Gasteiger partial charge in [0.25, 0.3) is 0 Å². The first-order chi connectivity index (χ1) is 19.0. The van der Waals surface area contributed by atoms with E-state index in [1.54, 1.807) is 44.7 Å². The van der Waals surface area contributed by atoms with Gasteiger partial charge in [0, 0.05) is 44.1 Å². The number of aromatic nitrogens is 2. The first-order valence-corrected chi connectivity index (χ1v) is 15.6. The molecule has 2 aliphatic rings. The highest BCUT2D eigenvalue weighted by Crippen LogP contribution is 2.49. The fourth-order valence-electron chi connectivity index (χ4n) is 5.48. The number of rotatable bonds is 4. The number of thioether (sulfide) groups is 1. The molecule has 5 rings (SSSR count). The molecule has 0 bridgehead atoms. The summed E-state index contributed by atoms with van der Waals surface area (Å²) in [7, 11) is 0. The van der Waals surface area contributed by atoms with Gasteiger partial charge in [-0.15, -0.1) is 11.8 Å². The molecule has 1 unspecified atom stereocenters. The van der Waals surface area contributed by atoms with E-state index < -0.39 is 0 Å². The van der Waals surface area contributed by atoms with Gasteiger partial charge in [-0.2, -0.15) is 16.4 Å². The van der Waals surface area contributed by atoms with E-state index in [2.05, 4.69) is 63.6 Å². The number of hydrogen-bond donors (Lipinski definition) is 0. The molecular weight excluding hydrogens is 542 g/mol. The molecule has 8 nitrogen and oxygen atoms in total. The normalized spacial score (nSPS) is 18.1. The number of carbonyl (C=O) groups is 3. The summed E-state index contributed by atoms with van der Waals surface area (Å²) in [6.07, 6.45) is 0. The second-order valence-corrected chi connectivity index (χ2v) is 13.5. The van der Waals surface area contributed by atoms with Gasteiger partial charge in [-0.25, -0.2) is 4.68 Å². The highest BCUT2D eigenvalue weighted by atomic mass is 32.2. The van der Waals surface area contributed by atoms with Gasteiger partial charge in [-0.3, -0.25) is 19.3 Å². The molecule has 0 radical (unpaired) electrons. The second-order valence-electron chi connectivity index (χ2n) is 11.7. The number of thiophene rings is 1. The number of anilines is 1. The average molecular weight is 580 g/mol. The fourth-order valence-corrected chi connectivity index (χ4v) is 7.44. The van der Waals surface area contributed by atoms with Crippen LogP contribution in [-0.2, 0) is 19.8 Å². The number of benzene rings is 1. The molecule has 10 heteroatoms. The molecule has 40 heavy (non-hydrogen) atoms. The lowest BCUT2D eigenvalue weighted by Gasteiger charge is -2.35. The van der Waals surface area contributed by atoms with Crippen molar-refractivity contribution in [2.45, 2.75) is 52.2 Å². The quantitative estimate of drug-likeness (QED) is 0.448. The lowest BCUT2D eigenvalue weighted by molar-refractivity contribution is -0.137. The number of fused-ring (bicyclic) bond motifs is 1. The lowest BCUT2D eigenvalue weighted by Crippen LogP contribution is -2.53. The molecule has 212 valence electrons. The van der Waals surface area contributed by atoms with Gasteiger partial charge in [0.15, 0.2) is 0 Å². The molecule has 2 aromatic heterocycles. The van der Waals surface area contributed by atoms with E-state index in [1.807, 2.05) is 10.7 Å². The van der Waals surface area contributed by atoms with E-state index >= 15 is 0 Å². The largest absolute Gasteiger partial charge is 0.339 e. The van der Waals surface area contributed by atoms with Crippen LogP contribution >= 0.6 is 23.1 Å². The Hall–Kier alpha value is -3.11. The molecule has 0 saturated carbocycles. The first-order valence-electron chi connectivity index (χ1n) is 13.6. The van der Waals surface area contributed by atoms with Crippen molar-refractivity contribution in [1.29, 1.82) is 0 Å². The number of aryl methyl sites for hydroxylation is 2. The van der Waals surface area contributed by atoms with Crippen LogP contribution in [0.25, 0.3) is 5.69 Å². The number of carbonyl (C=O) groups excluding carboxylic acids is 3. The molecule has 3 aromatic rings. The zero-order valence-electron chi connectivity index (χ0n) is 24.1. The van der Waals surface area contributed by atoms with E-state index in [4.69, 9.17) is 5.10 Å². The van der Waals surface area contributed by atoms with Crippen LogP contribution in [-0.4, -0.2) is 75.8 Å². The van der Waals surface area contributed by atoms with Crippen molar-refractivity contribution in [2.24, 2.45) is 0 Å². The zero-order chi connectivity index (χ0) is 28.8. The summed E-state index contributed by atoms with van der Waals surface area (Å²) in [5.41, 5.74) is 5.86. The van der Waals surface area contributed by atoms with Crippen molar-refractivity contribution in [3.63, 3.8) is 0 Å². The Balaban J connectivity index is 1.65. The summed E-state index contributed by atoms with van der Waals surface area (Å²) >= 11 is 3.24. The van der Waals surface area contributed by atoms with Crippen LogP contribution in [0.2, 0.25) is 0 Å². The van der Waals surface area contributed by atoms with Gasteiger partial charge in [-0.05, 0) is 47.9 Å². The van der Waals surface area contributed by atoms with Crippen molar-refractivity contribution in [2.75, 3.05) is 43.4 Å². The summed E-state index contributed by atoms with van der Waals surface area (Å²) in [5.74, 6) is 0.733. The molecule has 1 saturated heterocycles. The van der Waals surface area contributed by atoms with Crippen LogP contribution in [0.5, 0.6) is 0 Å². The van der Waals surface area contributed by atoms with E-state index in [0.717, 1.165) is 33.6 Å². The number of nitrogens with zero attached hydrogens (tertiary/aromatic N) is 5. The molecule has 3 amide bonds.